The molecule has 0 aromatic carbocycles. The molecule has 0 saturated heterocycles. The van der Waals surface area contributed by atoms with Crippen molar-refractivity contribution in [3.63, 3.8) is 0 Å². The highest BCUT2D eigenvalue weighted by Crippen LogP contribution is 2.25. The highest BCUT2D eigenvalue weighted by atomic mass is 32.2. The number of nitrogens with one attached hydrogen (secondary N) is 1. The van der Waals surface area contributed by atoms with Gasteiger partial charge < -0.3 is 14.2 Å². The van der Waals surface area contributed by atoms with Crippen LogP contribution in [0.3, 0.4) is 0 Å². The van der Waals surface area contributed by atoms with Gasteiger partial charge in [-0.3, -0.25) is 9.59 Å². The van der Waals surface area contributed by atoms with E-state index in [9.17, 15) is 18.0 Å². The molecule has 0 aliphatic heterocycles. The van der Waals surface area contributed by atoms with Gasteiger partial charge in [0.2, 0.25) is 5.91 Å². The monoisotopic (exact) mass is 470 g/mol. The van der Waals surface area contributed by atoms with Gasteiger partial charge in [0, 0.05) is 20.3 Å². The van der Waals surface area contributed by atoms with Gasteiger partial charge in [0.1, 0.15) is 6.04 Å². The Bertz CT molecular complexity index is 928. The van der Waals surface area contributed by atoms with Crippen LogP contribution in [0.15, 0.2) is 29.2 Å². The van der Waals surface area contributed by atoms with E-state index in [0.717, 1.165) is 5.57 Å². The van der Waals surface area contributed by atoms with Gasteiger partial charge in [0.25, 0.3) is 10.0 Å². The molecule has 2 atom stereocenters. The van der Waals surface area contributed by atoms with Crippen molar-refractivity contribution in [2.75, 3.05) is 13.7 Å². The Kier molecular flexibility index (Phi) is 9.65. The molecule has 1 N–H and O–H groups in total. The second-order valence-electron chi connectivity index (χ2n) is 9.48. The number of aryl methyl sites for hydroxylation is 1. The van der Waals surface area contributed by atoms with Crippen LogP contribution in [-0.2, 0) is 31.4 Å². The molecular formula is C22H38N4O5S. The van der Waals surface area contributed by atoms with Crippen LogP contribution in [0, 0.1) is 11.3 Å². The first-order chi connectivity index (χ1) is 14.6. The summed E-state index contributed by atoms with van der Waals surface area (Å²) in [6.07, 6.45) is 4.77. The van der Waals surface area contributed by atoms with Crippen LogP contribution in [0.25, 0.3) is 0 Å². The van der Waals surface area contributed by atoms with Crippen LogP contribution in [0.2, 0.25) is 0 Å². The van der Waals surface area contributed by atoms with Gasteiger partial charge in [0.15, 0.2) is 5.03 Å². The molecule has 1 amide bonds. The standard InChI is InChI=1S/C22H38N4O5S/c1-10-31-19(27)12-16(4)11-17(15(2)3)26(9)21(28)20(22(5,6)7)24-32(29,30)18-13-25(8)14-23-18/h11,13-15,17,20,24H,10,12H2,1-9H3/b16-11+/t17-,20-/m1/s1. The number of likely N-dealkylation sites (N-methyl/N-ethyl adjacent to an activating group) is 1. The van der Waals surface area contributed by atoms with Gasteiger partial charge in [-0.1, -0.05) is 46.3 Å². The van der Waals surface area contributed by atoms with E-state index in [0.29, 0.717) is 6.61 Å². The van der Waals surface area contributed by atoms with Crippen LogP contribution in [0.4, 0.5) is 0 Å². The predicted octanol–water partition coefficient (Wildman–Crippen LogP) is 2.50. The number of esters is 1. The van der Waals surface area contributed by atoms with E-state index in [-0.39, 0.29) is 35.3 Å². The molecule has 0 fully saturated rings. The Hall–Kier alpha value is -2.20. The van der Waals surface area contributed by atoms with Gasteiger partial charge in [-0.05, 0) is 25.2 Å². The Morgan fingerprint density at radius 2 is 1.91 bits per heavy atom. The number of sulfonamides is 1. The van der Waals surface area contributed by atoms with Crippen LogP contribution < -0.4 is 4.72 Å². The Labute approximate surface area is 192 Å². The molecule has 10 heteroatoms. The first-order valence-corrected chi connectivity index (χ1v) is 12.2. The smallest absolute Gasteiger partial charge is 0.309 e. The normalized spacial score (nSPS) is 14.9. The fourth-order valence-corrected chi connectivity index (χ4v) is 4.61. The third kappa shape index (κ3) is 7.74. The second-order valence-corrected chi connectivity index (χ2v) is 11.1. The average Bonchev–Trinajstić information content (AvgIpc) is 3.09. The molecule has 0 aliphatic carbocycles. The van der Waals surface area contributed by atoms with E-state index in [1.807, 2.05) is 26.8 Å². The van der Waals surface area contributed by atoms with Crippen molar-refractivity contribution in [3.05, 3.63) is 24.2 Å². The van der Waals surface area contributed by atoms with E-state index in [1.54, 1.807) is 41.8 Å². The summed E-state index contributed by atoms with van der Waals surface area (Å²) in [5, 5.41) is -0.143. The minimum absolute atomic E-state index is 0.0362. The van der Waals surface area contributed by atoms with Gasteiger partial charge in [-0.15, -0.1) is 0 Å². The highest BCUT2D eigenvalue weighted by Gasteiger charge is 2.39. The Morgan fingerprint density at radius 1 is 1.31 bits per heavy atom. The van der Waals surface area contributed by atoms with Gasteiger partial charge in [-0.25, -0.2) is 13.4 Å². The van der Waals surface area contributed by atoms with Crippen molar-refractivity contribution in [1.82, 2.24) is 19.2 Å². The first-order valence-electron chi connectivity index (χ1n) is 10.7. The number of hydrogen-bond donors (Lipinski definition) is 1. The summed E-state index contributed by atoms with van der Waals surface area (Å²) >= 11 is 0. The number of imidazole rings is 1. The lowest BCUT2D eigenvalue weighted by atomic mass is 9.86. The maximum atomic E-state index is 13.5. The molecule has 0 unspecified atom stereocenters. The average molecular weight is 471 g/mol. The lowest BCUT2D eigenvalue weighted by Gasteiger charge is -2.37. The molecule has 0 saturated carbocycles. The molecule has 1 rings (SSSR count). The lowest BCUT2D eigenvalue weighted by Crippen LogP contribution is -2.56. The molecule has 9 nitrogen and oxygen atoms in total. The SMILES string of the molecule is CCOC(=O)C/C(C)=C/[C@H](C(C)C)N(C)C(=O)[C@@H](NS(=O)(=O)c1cn(C)cn1)C(C)(C)C. The van der Waals surface area contributed by atoms with E-state index in [4.69, 9.17) is 4.74 Å². The molecule has 0 aliphatic rings. The number of carbonyl (C=O) groups excluding carboxylic acids is 2. The molecule has 1 aromatic rings. The topological polar surface area (TPSA) is 111 Å². The molecule has 1 aromatic heterocycles. The van der Waals surface area contributed by atoms with E-state index >= 15 is 0 Å². The summed E-state index contributed by atoms with van der Waals surface area (Å²) in [7, 11) is -0.679. The van der Waals surface area contributed by atoms with Crippen LogP contribution in [-0.4, -0.2) is 60.5 Å². The molecular weight excluding hydrogens is 432 g/mol. The number of carbonyl (C=O) groups is 2. The zero-order chi connectivity index (χ0) is 24.9. The summed E-state index contributed by atoms with van der Waals surface area (Å²) in [5.74, 6) is -0.654. The third-order valence-corrected chi connectivity index (χ3v) is 6.31. The zero-order valence-electron chi connectivity index (χ0n) is 20.7. The maximum absolute atomic E-state index is 13.5. The fraction of sp³-hybridized carbons (Fsp3) is 0.682. The quantitative estimate of drug-likeness (QED) is 0.415. The van der Waals surface area contributed by atoms with E-state index < -0.39 is 21.5 Å². The van der Waals surface area contributed by atoms with Crippen molar-refractivity contribution < 1.29 is 22.7 Å². The van der Waals surface area contributed by atoms with E-state index in [1.165, 1.54) is 22.0 Å². The number of amides is 1. The molecule has 1 heterocycles. The number of nitrogens with zero attached hydrogens (tertiary/aromatic N) is 3. The Balaban J connectivity index is 3.20. The van der Waals surface area contributed by atoms with Crippen molar-refractivity contribution in [2.24, 2.45) is 18.4 Å². The Morgan fingerprint density at radius 3 is 2.34 bits per heavy atom. The predicted molar refractivity (Wildman–Crippen MR) is 123 cm³/mol. The highest BCUT2D eigenvalue weighted by molar-refractivity contribution is 7.89. The third-order valence-electron chi connectivity index (χ3n) is 5.00. The second kappa shape index (κ2) is 11.1. The molecule has 32 heavy (non-hydrogen) atoms. The van der Waals surface area contributed by atoms with Crippen molar-refractivity contribution >= 4 is 21.9 Å². The lowest BCUT2D eigenvalue weighted by molar-refractivity contribution is -0.142. The number of ether oxygens (including phenoxy) is 1. The van der Waals surface area contributed by atoms with Gasteiger partial charge in [0.05, 0.1) is 25.4 Å². The summed E-state index contributed by atoms with van der Waals surface area (Å²) in [6.45, 7) is 13.2. The first kappa shape index (κ1) is 27.8. The van der Waals surface area contributed by atoms with E-state index in [2.05, 4.69) is 9.71 Å². The minimum atomic E-state index is -4.00. The molecule has 182 valence electrons. The van der Waals surface area contributed by atoms with Crippen molar-refractivity contribution in [3.8, 4) is 0 Å². The largest absolute Gasteiger partial charge is 0.466 e. The van der Waals surface area contributed by atoms with Crippen LogP contribution in [0.1, 0.15) is 54.9 Å². The van der Waals surface area contributed by atoms with Gasteiger partial charge >= 0.3 is 5.97 Å². The summed E-state index contributed by atoms with van der Waals surface area (Å²) in [4.78, 5) is 30.8. The number of aromatic nitrogens is 2. The van der Waals surface area contributed by atoms with Crippen molar-refractivity contribution in [2.45, 2.75) is 72.0 Å². The van der Waals surface area contributed by atoms with Crippen LogP contribution >= 0.6 is 0 Å². The number of hydrogen-bond acceptors (Lipinski definition) is 6. The molecule has 0 bridgehead atoms. The number of rotatable bonds is 10. The molecule has 0 spiro atoms. The van der Waals surface area contributed by atoms with Gasteiger partial charge in [-0.2, -0.15) is 4.72 Å². The fourth-order valence-electron chi connectivity index (χ4n) is 3.23. The van der Waals surface area contributed by atoms with Crippen molar-refractivity contribution in [1.29, 1.82) is 0 Å². The molecule has 0 radical (unpaired) electrons. The minimum Gasteiger partial charge on any atom is -0.466 e. The maximum Gasteiger partial charge on any atom is 0.309 e. The zero-order valence-corrected chi connectivity index (χ0v) is 21.5. The summed E-state index contributed by atoms with van der Waals surface area (Å²) < 4.78 is 34.8. The summed E-state index contributed by atoms with van der Waals surface area (Å²) in [6, 6.07) is -1.35. The summed E-state index contributed by atoms with van der Waals surface area (Å²) in [5.41, 5.74) is 0.0847. The van der Waals surface area contributed by atoms with Crippen LogP contribution in [0.5, 0.6) is 0 Å².